The second-order valence-corrected chi connectivity index (χ2v) is 6.43. The van der Waals surface area contributed by atoms with Crippen LogP contribution in [0.1, 0.15) is 12.0 Å². The molecule has 0 aliphatic heterocycles. The van der Waals surface area contributed by atoms with Crippen LogP contribution >= 0.6 is 0 Å². The van der Waals surface area contributed by atoms with E-state index >= 15 is 0 Å². The molecular weight excluding hydrogens is 295 g/mol. The minimum atomic E-state index is 0.555. The maximum absolute atomic E-state index is 3.20. The van der Waals surface area contributed by atoms with E-state index in [9.17, 15) is 0 Å². The van der Waals surface area contributed by atoms with Crippen molar-refractivity contribution in [3.8, 4) is 11.8 Å². The van der Waals surface area contributed by atoms with Crippen LogP contribution in [0.3, 0.4) is 0 Å². The van der Waals surface area contributed by atoms with Gasteiger partial charge in [-0.25, -0.2) is 0 Å². The second kappa shape index (κ2) is 8.38. The molecule has 94 valence electrons. The van der Waals surface area contributed by atoms with Crippen molar-refractivity contribution in [1.82, 2.24) is 0 Å². The second-order valence-electron chi connectivity index (χ2n) is 3.98. The van der Waals surface area contributed by atoms with Crippen molar-refractivity contribution in [1.29, 1.82) is 0 Å². The third-order valence-corrected chi connectivity index (χ3v) is 4.63. The van der Waals surface area contributed by atoms with E-state index in [2.05, 4.69) is 60.4 Å². The van der Waals surface area contributed by atoms with E-state index in [0.717, 1.165) is 6.42 Å². The van der Waals surface area contributed by atoms with Crippen LogP contribution in [0.25, 0.3) is 6.08 Å². The molecule has 1 heteroatoms. The Balaban J connectivity index is 1.69. The monoisotopic (exact) mass is 312 g/mol. The van der Waals surface area contributed by atoms with E-state index in [0.29, 0.717) is 15.0 Å². The first-order valence-corrected chi connectivity index (χ1v) is 8.40. The average Bonchev–Trinajstić information content (AvgIpc) is 2.48. The molecule has 2 aromatic rings. The van der Waals surface area contributed by atoms with Gasteiger partial charge in [-0.3, -0.25) is 0 Å². The van der Waals surface area contributed by atoms with Gasteiger partial charge in [-0.2, -0.15) is 0 Å². The zero-order valence-electron chi connectivity index (χ0n) is 10.8. The molecular formula is C18H16Se. The molecule has 0 radical (unpaired) electrons. The van der Waals surface area contributed by atoms with Crippen LogP contribution in [-0.2, 0) is 0 Å². The Hall–Kier alpha value is -1.74. The minimum absolute atomic E-state index is 0.555. The summed E-state index contributed by atoms with van der Waals surface area (Å²) in [5, 5.41) is 1.18. The van der Waals surface area contributed by atoms with E-state index < -0.39 is 0 Å². The SMILES string of the molecule is C(#CCC[Se]c1ccccc1)/C=C/c1ccccc1. The molecule has 0 atom stereocenters. The predicted molar refractivity (Wildman–Crippen MR) is 84.5 cm³/mol. The van der Waals surface area contributed by atoms with E-state index in [1.807, 2.05) is 24.3 Å². The summed E-state index contributed by atoms with van der Waals surface area (Å²) in [6.45, 7) is 0. The van der Waals surface area contributed by atoms with Crippen LogP contribution in [0.15, 0.2) is 66.7 Å². The van der Waals surface area contributed by atoms with Gasteiger partial charge in [0.05, 0.1) is 0 Å². The summed E-state index contributed by atoms with van der Waals surface area (Å²) in [5.41, 5.74) is 1.20. The van der Waals surface area contributed by atoms with Crippen molar-refractivity contribution in [3.63, 3.8) is 0 Å². The van der Waals surface area contributed by atoms with Gasteiger partial charge in [0.1, 0.15) is 0 Å². The fraction of sp³-hybridized carbons (Fsp3) is 0.111. The van der Waals surface area contributed by atoms with Crippen molar-refractivity contribution in [2.75, 3.05) is 0 Å². The fourth-order valence-electron chi connectivity index (χ4n) is 1.57. The molecule has 0 nitrogen and oxygen atoms in total. The Morgan fingerprint density at radius 1 is 0.895 bits per heavy atom. The molecule has 0 aliphatic carbocycles. The quantitative estimate of drug-likeness (QED) is 0.460. The normalized spacial score (nSPS) is 10.1. The van der Waals surface area contributed by atoms with Gasteiger partial charge in [0.25, 0.3) is 0 Å². The number of rotatable bonds is 4. The van der Waals surface area contributed by atoms with Gasteiger partial charge in [0, 0.05) is 0 Å². The van der Waals surface area contributed by atoms with Gasteiger partial charge >= 0.3 is 121 Å². The van der Waals surface area contributed by atoms with Gasteiger partial charge in [-0.05, 0) is 0 Å². The maximum atomic E-state index is 3.20. The first-order valence-electron chi connectivity index (χ1n) is 6.33. The molecule has 0 amide bonds. The summed E-state index contributed by atoms with van der Waals surface area (Å²) in [6, 6.07) is 20.9. The van der Waals surface area contributed by atoms with Crippen LogP contribution in [0.5, 0.6) is 0 Å². The number of benzene rings is 2. The summed E-state index contributed by atoms with van der Waals surface area (Å²) >= 11 is 0.555. The third kappa shape index (κ3) is 5.62. The third-order valence-electron chi connectivity index (χ3n) is 2.50. The fourth-order valence-corrected chi connectivity index (χ4v) is 3.23. The molecule has 0 aromatic heterocycles. The number of allylic oxidation sites excluding steroid dienone is 1. The van der Waals surface area contributed by atoms with Crippen LogP contribution in [0.2, 0.25) is 5.32 Å². The Kier molecular flexibility index (Phi) is 6.03. The van der Waals surface area contributed by atoms with Crippen LogP contribution in [-0.4, -0.2) is 15.0 Å². The molecule has 0 aliphatic rings. The van der Waals surface area contributed by atoms with E-state index in [1.165, 1.54) is 15.3 Å². The van der Waals surface area contributed by atoms with Gasteiger partial charge < -0.3 is 0 Å². The van der Waals surface area contributed by atoms with Crippen molar-refractivity contribution in [2.24, 2.45) is 0 Å². The Morgan fingerprint density at radius 2 is 1.58 bits per heavy atom. The van der Waals surface area contributed by atoms with Gasteiger partial charge in [0.2, 0.25) is 0 Å². The Bertz CT molecular complexity index is 559. The molecule has 19 heavy (non-hydrogen) atoms. The van der Waals surface area contributed by atoms with Crippen LogP contribution in [0, 0.1) is 11.8 Å². The standard InChI is InChI=1S/C18H16Se/c1(5-11-17-12-6-3-7-13-17)2-10-16-19-18-14-8-4-9-15-18/h3-9,11-15H,10,16H2/b11-5+. The van der Waals surface area contributed by atoms with E-state index in [-0.39, 0.29) is 0 Å². The first-order chi connectivity index (χ1) is 9.45. The number of hydrogen-bond acceptors (Lipinski definition) is 0. The molecule has 0 bridgehead atoms. The molecule has 0 saturated carbocycles. The summed E-state index contributed by atoms with van der Waals surface area (Å²) in [7, 11) is 0. The predicted octanol–water partition coefficient (Wildman–Crippen LogP) is 3.54. The Morgan fingerprint density at radius 3 is 2.32 bits per heavy atom. The zero-order chi connectivity index (χ0) is 13.2. The van der Waals surface area contributed by atoms with E-state index in [1.54, 1.807) is 0 Å². The van der Waals surface area contributed by atoms with Gasteiger partial charge in [-0.15, -0.1) is 0 Å². The molecule has 0 unspecified atom stereocenters. The van der Waals surface area contributed by atoms with E-state index in [4.69, 9.17) is 0 Å². The van der Waals surface area contributed by atoms with Crippen LogP contribution < -0.4 is 4.46 Å². The average molecular weight is 311 g/mol. The van der Waals surface area contributed by atoms with Crippen molar-refractivity contribution < 1.29 is 0 Å². The summed E-state index contributed by atoms with van der Waals surface area (Å²) in [4.78, 5) is 0. The summed E-state index contributed by atoms with van der Waals surface area (Å²) < 4.78 is 1.46. The Labute approximate surface area is 121 Å². The molecule has 2 rings (SSSR count). The molecule has 0 spiro atoms. The van der Waals surface area contributed by atoms with Gasteiger partial charge in [-0.1, -0.05) is 0 Å². The molecule has 2 aromatic carbocycles. The van der Waals surface area contributed by atoms with Crippen LogP contribution in [0.4, 0.5) is 0 Å². The summed E-state index contributed by atoms with van der Waals surface area (Å²) in [6.07, 6.45) is 4.97. The summed E-state index contributed by atoms with van der Waals surface area (Å²) in [5.74, 6) is 6.30. The van der Waals surface area contributed by atoms with Crippen molar-refractivity contribution in [3.05, 3.63) is 72.3 Å². The van der Waals surface area contributed by atoms with Gasteiger partial charge in [0.15, 0.2) is 0 Å². The topological polar surface area (TPSA) is 0 Å². The molecule has 0 heterocycles. The molecule has 0 saturated heterocycles. The van der Waals surface area contributed by atoms with Crippen molar-refractivity contribution in [2.45, 2.75) is 11.7 Å². The number of hydrogen-bond donors (Lipinski definition) is 0. The molecule has 0 fully saturated rings. The van der Waals surface area contributed by atoms with Crippen molar-refractivity contribution >= 4 is 25.5 Å². The zero-order valence-corrected chi connectivity index (χ0v) is 12.5. The first kappa shape index (κ1) is 13.7. The molecule has 0 N–H and O–H groups in total.